The van der Waals surface area contributed by atoms with Crippen molar-refractivity contribution in [3.63, 3.8) is 0 Å². The maximum Gasteiger partial charge on any atom is 0.410 e. The molecule has 3 amide bonds. The normalized spacial score (nSPS) is 17.3. The summed E-state index contributed by atoms with van der Waals surface area (Å²) in [6.45, 7) is 50.1. The van der Waals surface area contributed by atoms with E-state index in [4.69, 9.17) is 69.2 Å². The van der Waals surface area contributed by atoms with Gasteiger partial charge in [-0.25, -0.2) is 75.8 Å². The number of ether oxygens (including phenoxy) is 2. The third-order valence-corrected chi connectivity index (χ3v) is 24.5. The number of aromatic nitrogens is 13. The molecule has 34 heteroatoms. The van der Waals surface area contributed by atoms with Crippen LogP contribution in [0.4, 0.5) is 40.2 Å². The first-order valence-corrected chi connectivity index (χ1v) is 45.9. The Morgan fingerprint density at radius 2 is 0.720 bits per heavy atom. The van der Waals surface area contributed by atoms with Crippen molar-refractivity contribution in [2.24, 2.45) is 0 Å². The van der Waals surface area contributed by atoms with Gasteiger partial charge < -0.3 is 38.9 Å². The summed E-state index contributed by atoms with van der Waals surface area (Å²) in [5, 5.41) is 2.20. The maximum absolute atomic E-state index is 15.1. The van der Waals surface area contributed by atoms with Crippen LogP contribution in [0.5, 0.6) is 0 Å². The molecule has 0 unspecified atom stereocenters. The van der Waals surface area contributed by atoms with Crippen molar-refractivity contribution in [1.29, 1.82) is 0 Å². The van der Waals surface area contributed by atoms with Crippen molar-refractivity contribution in [3.05, 3.63) is 230 Å². The van der Waals surface area contributed by atoms with E-state index in [2.05, 4.69) is 47.4 Å². The maximum atomic E-state index is 15.1. The fraction of sp³-hybridized carbons (Fsp3) is 0.408. The number of fused-ring (bicyclic) bond motifs is 3. The summed E-state index contributed by atoms with van der Waals surface area (Å²) < 4.78 is 61.1. The Morgan fingerprint density at radius 1 is 0.424 bits per heavy atom. The van der Waals surface area contributed by atoms with Gasteiger partial charge in [0.1, 0.15) is 46.1 Å². The van der Waals surface area contributed by atoms with Crippen molar-refractivity contribution in [3.8, 4) is 50.8 Å². The van der Waals surface area contributed by atoms with Crippen LogP contribution in [-0.2, 0) is 14.3 Å². The van der Waals surface area contributed by atoms with Gasteiger partial charge in [-0.3, -0.25) is 14.8 Å². The first kappa shape index (κ1) is 97.7. The number of halogens is 7. The highest BCUT2D eigenvalue weighted by molar-refractivity contribution is 9.10. The van der Waals surface area contributed by atoms with Gasteiger partial charge in [0, 0.05) is 104 Å². The Labute approximate surface area is 788 Å². The summed E-state index contributed by atoms with van der Waals surface area (Å²) in [4.78, 5) is 139. The fourth-order valence-electron chi connectivity index (χ4n) is 17.3. The Kier molecular flexibility index (Phi) is 28.7. The molecule has 0 N–H and O–H groups in total. The predicted molar refractivity (Wildman–Crippen MR) is 518 cm³/mol. The molecule has 694 valence electrons. The number of hydrogen-bond acceptors (Lipinski definition) is 21. The molecule has 27 nitrogen and oxygen atoms in total. The molecule has 3 aliphatic rings. The lowest BCUT2D eigenvalue weighted by Gasteiger charge is -2.44. The van der Waals surface area contributed by atoms with E-state index in [1.807, 2.05) is 179 Å². The van der Waals surface area contributed by atoms with Gasteiger partial charge in [0.2, 0.25) is 5.91 Å². The predicted octanol–water partition coefficient (Wildman–Crippen LogP) is 20.3. The number of nitrogens with zero attached hydrogens (tertiary/aromatic N) is 19. The lowest BCUT2D eigenvalue weighted by Crippen LogP contribution is -2.59. The number of pyridine rings is 5. The Balaban J connectivity index is 0.000000168. The zero-order valence-corrected chi connectivity index (χ0v) is 82.3. The van der Waals surface area contributed by atoms with Crippen LogP contribution in [0.3, 0.4) is 0 Å². The molecule has 0 aliphatic carbocycles. The van der Waals surface area contributed by atoms with Gasteiger partial charge >= 0.3 is 29.3 Å². The molecule has 132 heavy (non-hydrogen) atoms. The van der Waals surface area contributed by atoms with E-state index < -0.39 is 57.9 Å². The second kappa shape index (κ2) is 38.8. The van der Waals surface area contributed by atoms with E-state index in [0.717, 1.165) is 33.9 Å². The Morgan fingerprint density at radius 3 is 1.02 bits per heavy atom. The number of anilines is 3. The van der Waals surface area contributed by atoms with E-state index in [1.54, 1.807) is 94.4 Å². The van der Waals surface area contributed by atoms with Gasteiger partial charge in [0.25, 0.3) is 0 Å². The fourth-order valence-corrected chi connectivity index (χ4v) is 18.5. The van der Waals surface area contributed by atoms with Crippen LogP contribution < -0.4 is 31.8 Å². The van der Waals surface area contributed by atoms with Crippen molar-refractivity contribution >= 4 is 119 Å². The third kappa shape index (κ3) is 20.0. The molecule has 9 aromatic heterocycles. The minimum Gasteiger partial charge on any atom is -0.444 e. The molecule has 0 radical (unpaired) electrons. The molecule has 15 rings (SSSR count). The number of carbonyl (C=O) groups is 3. The van der Waals surface area contributed by atoms with Crippen molar-refractivity contribution < 1.29 is 37.0 Å². The SMILES string of the molecule is C=CC(=O)N1C[C@H](C)N(c2nc(=O)n(-c3c(C)cc(C)nc3C(C)C)c3nc(-c4ccccc4F)c(Cl)cc23)C[C@H]1C.Cc1cc(C)c(-n2c(=O)nc(N3C[C@@H](C)N(C(=O)OC(C)(C)C)C[C@@H]3C)c3cc(Cl)c(-c4ccccc4F)nc32)c(C(C)C)n1.Cc1nc(Br)nc(C(C)C)c1-n1c(=O)nc(N2C[C@@H](C)N(C(=O)OC(C)(C)C)C[C@@H]2C)c2cc(Cl)c(-c3ccccc3F)nc21. The zero-order valence-electron chi connectivity index (χ0n) is 78.4. The summed E-state index contributed by atoms with van der Waals surface area (Å²) in [6, 6.07) is 26.4. The summed E-state index contributed by atoms with van der Waals surface area (Å²) in [5.41, 5.74) is 6.73. The van der Waals surface area contributed by atoms with E-state index in [9.17, 15) is 33.2 Å². The number of carbonyl (C=O) groups excluding carboxylic acids is 3. The van der Waals surface area contributed by atoms with Crippen LogP contribution in [-0.4, -0.2) is 183 Å². The standard InChI is InChI=1S/C34H40ClFN6O3.C32H36BrClFN7O3.C32H34ClFN6O2/c1-18(2)27-29(19(3)14-20(4)37-27)42-31-24(15-25(35)28(38-31)23-12-10-11-13-26(23)36)30(39-32(42)43)40-16-22(6)41(17-21(40)5)33(44)45-34(7,8)9;1-16(2)24-26(19(5)36-29(33)38-24)42-28-21(13-22(34)25(37-28)20-11-9-10-12-23(20)35)27(39-30(42)43)40-14-18(4)41(15-17(40)3)31(44)45-32(6,7)8;1-8-26(41)38-15-21(7)39(16-20(38)6)30-23-14-24(33)28(22-11-9-10-12-25(22)34)36-31(23)40(32(42)37-30)29-18(4)13-19(5)35-27(29)17(2)3/h10-15,18,21-22H,16-17H2,1-9H3;9-13,16-18H,14-15H2,1-8H3;8-14,17,20-21H,1,15-16H2,2-7H3/t21-,22+;17-,18+;20-,21+/m001/s1. The number of hydrogen-bond donors (Lipinski definition) is 0. The first-order chi connectivity index (χ1) is 62.1. The topological polar surface area (TPSA) is 284 Å². The number of rotatable bonds is 13. The van der Waals surface area contributed by atoms with E-state index in [0.29, 0.717) is 112 Å². The van der Waals surface area contributed by atoms with Crippen molar-refractivity contribution in [2.45, 2.75) is 224 Å². The monoisotopic (exact) mass is 1920 g/mol. The minimum atomic E-state index is -0.637. The second-order valence-corrected chi connectivity index (χ2v) is 39.0. The molecule has 3 aliphatic heterocycles. The first-order valence-electron chi connectivity index (χ1n) is 43.9. The third-order valence-electron chi connectivity index (χ3n) is 23.3. The van der Waals surface area contributed by atoms with Crippen LogP contribution >= 0.6 is 50.7 Å². The molecule has 3 aromatic carbocycles. The lowest BCUT2D eigenvalue weighted by atomic mass is 10.0. The van der Waals surface area contributed by atoms with Crippen LogP contribution in [0, 0.1) is 52.1 Å². The molecule has 3 saturated heterocycles. The zero-order chi connectivity index (χ0) is 96.4. The largest absolute Gasteiger partial charge is 0.444 e. The molecule has 3 fully saturated rings. The Hall–Kier alpha value is -11.8. The quantitative estimate of drug-likeness (QED) is 0.0765. The lowest BCUT2D eigenvalue weighted by molar-refractivity contribution is -0.128. The van der Waals surface area contributed by atoms with Gasteiger partial charge in [-0.15, -0.1) is 0 Å². The van der Waals surface area contributed by atoms with Gasteiger partial charge in [-0.1, -0.05) is 119 Å². The average molecular weight is 1930 g/mol. The van der Waals surface area contributed by atoms with Crippen molar-refractivity contribution in [2.75, 3.05) is 54.0 Å². The summed E-state index contributed by atoms with van der Waals surface area (Å²) in [5.74, 6) is -0.531. The highest BCUT2D eigenvalue weighted by atomic mass is 79.9. The van der Waals surface area contributed by atoms with Crippen LogP contribution in [0.25, 0.3) is 83.9 Å². The highest BCUT2D eigenvalue weighted by Crippen LogP contribution is 2.43. The molecule has 0 spiro atoms. The summed E-state index contributed by atoms with van der Waals surface area (Å²) in [7, 11) is 0. The molecule has 0 saturated carbocycles. The van der Waals surface area contributed by atoms with E-state index in [-0.39, 0.29) is 120 Å². The second-order valence-electron chi connectivity index (χ2n) is 37.1. The van der Waals surface area contributed by atoms with Crippen molar-refractivity contribution in [1.82, 2.24) is 78.2 Å². The van der Waals surface area contributed by atoms with Crippen LogP contribution in [0.1, 0.15) is 188 Å². The van der Waals surface area contributed by atoms with E-state index in [1.165, 1.54) is 38.0 Å². The molecular formula is C98H110BrCl3F3N19O8. The van der Waals surface area contributed by atoms with Crippen LogP contribution in [0.15, 0.2) is 135 Å². The number of benzene rings is 3. The smallest absolute Gasteiger partial charge is 0.410 e. The molecule has 6 atom stereocenters. The number of piperazine rings is 3. The van der Waals surface area contributed by atoms with Gasteiger partial charge in [0.05, 0.1) is 88.1 Å². The van der Waals surface area contributed by atoms with E-state index >= 15 is 8.78 Å². The number of aryl methyl sites for hydroxylation is 5. The van der Waals surface area contributed by atoms with Gasteiger partial charge in [-0.05, 0) is 235 Å². The molecular weight excluding hydrogens is 1810 g/mol. The van der Waals surface area contributed by atoms with Crippen LogP contribution in [0.2, 0.25) is 15.1 Å². The summed E-state index contributed by atoms with van der Waals surface area (Å²) >= 11 is 23.8. The minimum absolute atomic E-state index is 0.00471. The van der Waals surface area contributed by atoms with Gasteiger partial charge in [-0.2, -0.15) is 15.0 Å². The highest BCUT2D eigenvalue weighted by Gasteiger charge is 2.41. The van der Waals surface area contributed by atoms with Gasteiger partial charge in [0.15, 0.2) is 21.7 Å². The average Bonchev–Trinajstić information content (AvgIpc) is 0.739. The molecule has 12 aromatic rings. The molecule has 12 heterocycles. The number of amides is 3. The summed E-state index contributed by atoms with van der Waals surface area (Å²) in [6.07, 6.45) is 0.518. The molecule has 0 bridgehead atoms. The Bertz CT molecular complexity index is 6490.